The summed E-state index contributed by atoms with van der Waals surface area (Å²) >= 11 is 0. The number of benzene rings is 1. The molecule has 0 amide bonds. The van der Waals surface area contributed by atoms with Gasteiger partial charge < -0.3 is 10.5 Å². The van der Waals surface area contributed by atoms with Gasteiger partial charge >= 0.3 is 0 Å². The molecular formula is C21H25N5O. The highest BCUT2D eigenvalue weighted by Gasteiger charge is 2.48. The summed E-state index contributed by atoms with van der Waals surface area (Å²) in [5, 5.41) is 17.3. The maximum Gasteiger partial charge on any atom is 0.244 e. The van der Waals surface area contributed by atoms with Gasteiger partial charge in [0.15, 0.2) is 0 Å². The SMILES string of the molecule is CCCc1[nH]nc2c1C1(CCN(Cc3ccccc3)CC1)C(C#N)=C(N)O2. The normalized spacial score (nSPS) is 18.8. The quantitative estimate of drug-likeness (QED) is 0.871. The smallest absolute Gasteiger partial charge is 0.244 e. The first-order chi connectivity index (χ1) is 13.2. The van der Waals surface area contributed by atoms with E-state index in [0.29, 0.717) is 11.5 Å². The Bertz CT molecular complexity index is 885. The van der Waals surface area contributed by atoms with Gasteiger partial charge in [-0.25, -0.2) is 0 Å². The van der Waals surface area contributed by atoms with Crippen LogP contribution in [-0.4, -0.2) is 28.2 Å². The minimum atomic E-state index is -0.392. The van der Waals surface area contributed by atoms with Crippen molar-refractivity contribution in [3.8, 4) is 11.9 Å². The standard InChI is InChI=1S/C21H25N5O/c1-2-6-17-18-20(25-24-17)27-19(23)16(13-22)21(18)9-11-26(12-10-21)14-15-7-4-3-5-8-15/h3-5,7-8H,2,6,9-12,14,23H2,1H3,(H,24,25). The molecule has 27 heavy (non-hydrogen) atoms. The number of nitrogens with two attached hydrogens (primary N) is 1. The molecular weight excluding hydrogens is 338 g/mol. The number of piperidine rings is 1. The number of nitriles is 1. The zero-order valence-electron chi connectivity index (χ0n) is 15.7. The highest BCUT2D eigenvalue weighted by atomic mass is 16.5. The average molecular weight is 363 g/mol. The Kier molecular flexibility index (Phi) is 4.63. The molecule has 0 radical (unpaired) electrons. The summed E-state index contributed by atoms with van der Waals surface area (Å²) in [7, 11) is 0. The van der Waals surface area contributed by atoms with Gasteiger partial charge in [-0.1, -0.05) is 43.7 Å². The molecule has 6 heteroatoms. The van der Waals surface area contributed by atoms with E-state index < -0.39 is 5.41 Å². The van der Waals surface area contributed by atoms with Crippen molar-refractivity contribution in [2.24, 2.45) is 5.73 Å². The zero-order chi connectivity index (χ0) is 18.9. The topological polar surface area (TPSA) is 91.0 Å². The first-order valence-electron chi connectivity index (χ1n) is 9.60. The van der Waals surface area contributed by atoms with Crippen molar-refractivity contribution in [2.75, 3.05) is 13.1 Å². The number of hydrogen-bond acceptors (Lipinski definition) is 5. The van der Waals surface area contributed by atoms with Crippen molar-refractivity contribution in [2.45, 2.75) is 44.6 Å². The van der Waals surface area contributed by atoms with Gasteiger partial charge in [-0.15, -0.1) is 5.10 Å². The Morgan fingerprint density at radius 3 is 2.70 bits per heavy atom. The Morgan fingerprint density at radius 1 is 1.30 bits per heavy atom. The zero-order valence-corrected chi connectivity index (χ0v) is 15.7. The van der Waals surface area contributed by atoms with Crippen LogP contribution in [0.25, 0.3) is 0 Å². The molecule has 0 unspecified atom stereocenters. The highest BCUT2D eigenvalue weighted by molar-refractivity contribution is 5.54. The van der Waals surface area contributed by atoms with Crippen molar-refractivity contribution >= 4 is 0 Å². The second kappa shape index (κ2) is 7.09. The Balaban J connectivity index is 1.64. The molecule has 1 fully saturated rings. The third-order valence-corrected chi connectivity index (χ3v) is 5.79. The monoisotopic (exact) mass is 363 g/mol. The van der Waals surface area contributed by atoms with Crippen LogP contribution >= 0.6 is 0 Å². The van der Waals surface area contributed by atoms with Crippen LogP contribution in [0.15, 0.2) is 41.8 Å². The third-order valence-electron chi connectivity index (χ3n) is 5.79. The molecule has 1 aromatic carbocycles. The first kappa shape index (κ1) is 17.6. The van der Waals surface area contributed by atoms with Crippen LogP contribution in [0, 0.1) is 11.3 Å². The molecule has 3 heterocycles. The van der Waals surface area contributed by atoms with Crippen molar-refractivity contribution < 1.29 is 4.74 Å². The summed E-state index contributed by atoms with van der Waals surface area (Å²) in [4.78, 5) is 2.44. The molecule has 2 aliphatic heterocycles. The molecule has 0 saturated carbocycles. The summed E-state index contributed by atoms with van der Waals surface area (Å²) in [6, 6.07) is 12.9. The van der Waals surface area contributed by atoms with Crippen LogP contribution in [0.3, 0.4) is 0 Å². The van der Waals surface area contributed by atoms with Crippen LogP contribution in [0.1, 0.15) is 43.0 Å². The van der Waals surface area contributed by atoms with Crippen LogP contribution < -0.4 is 10.5 Å². The number of likely N-dealkylation sites (tertiary alicyclic amines) is 1. The molecule has 140 valence electrons. The van der Waals surface area contributed by atoms with E-state index in [0.717, 1.165) is 56.6 Å². The fraction of sp³-hybridized carbons (Fsp3) is 0.429. The molecule has 2 aromatic rings. The lowest BCUT2D eigenvalue weighted by Crippen LogP contribution is -2.46. The number of ether oxygens (including phenoxy) is 1. The molecule has 0 atom stereocenters. The Morgan fingerprint density at radius 2 is 2.04 bits per heavy atom. The van der Waals surface area contributed by atoms with E-state index >= 15 is 0 Å². The summed E-state index contributed by atoms with van der Waals surface area (Å²) in [6.45, 7) is 4.88. The van der Waals surface area contributed by atoms with Gasteiger partial charge in [0.05, 0.1) is 0 Å². The molecule has 3 N–H and O–H groups in total. The number of fused-ring (bicyclic) bond motifs is 2. The van der Waals surface area contributed by atoms with E-state index in [2.05, 4.69) is 52.4 Å². The number of rotatable bonds is 4. The fourth-order valence-electron chi connectivity index (χ4n) is 4.47. The Hall–Kier alpha value is -2.78. The van der Waals surface area contributed by atoms with Crippen LogP contribution in [-0.2, 0) is 18.4 Å². The summed E-state index contributed by atoms with van der Waals surface area (Å²) < 4.78 is 5.69. The van der Waals surface area contributed by atoms with E-state index in [9.17, 15) is 5.26 Å². The van der Waals surface area contributed by atoms with Crippen molar-refractivity contribution in [1.82, 2.24) is 15.1 Å². The van der Waals surface area contributed by atoms with E-state index in [4.69, 9.17) is 10.5 Å². The van der Waals surface area contributed by atoms with E-state index in [1.54, 1.807) is 0 Å². The third kappa shape index (κ3) is 2.98. The predicted molar refractivity (Wildman–Crippen MR) is 103 cm³/mol. The molecule has 6 nitrogen and oxygen atoms in total. The van der Waals surface area contributed by atoms with Crippen molar-refractivity contribution in [3.05, 3.63) is 58.6 Å². The molecule has 2 aliphatic rings. The second-order valence-electron chi connectivity index (χ2n) is 7.43. The average Bonchev–Trinajstić information content (AvgIpc) is 3.08. The maximum atomic E-state index is 9.85. The van der Waals surface area contributed by atoms with Gasteiger partial charge in [0.25, 0.3) is 0 Å². The summed E-state index contributed by atoms with van der Waals surface area (Å²) in [5.74, 6) is 0.752. The van der Waals surface area contributed by atoms with Gasteiger partial charge in [0.1, 0.15) is 11.6 Å². The van der Waals surface area contributed by atoms with Crippen LogP contribution in [0.2, 0.25) is 0 Å². The van der Waals surface area contributed by atoms with E-state index in [-0.39, 0.29) is 5.88 Å². The molecule has 1 spiro atoms. The van der Waals surface area contributed by atoms with E-state index in [1.807, 2.05) is 6.07 Å². The summed E-state index contributed by atoms with van der Waals surface area (Å²) in [6.07, 6.45) is 3.58. The van der Waals surface area contributed by atoms with Gasteiger partial charge in [-0.05, 0) is 37.9 Å². The number of aromatic nitrogens is 2. The lowest BCUT2D eigenvalue weighted by molar-refractivity contribution is 0.162. The van der Waals surface area contributed by atoms with Crippen molar-refractivity contribution in [3.63, 3.8) is 0 Å². The molecule has 0 aliphatic carbocycles. The van der Waals surface area contributed by atoms with Crippen molar-refractivity contribution in [1.29, 1.82) is 5.26 Å². The lowest BCUT2D eigenvalue weighted by Gasteiger charge is -2.43. The minimum Gasteiger partial charge on any atom is -0.420 e. The van der Waals surface area contributed by atoms with E-state index in [1.165, 1.54) is 5.56 Å². The number of aryl methyl sites for hydroxylation is 1. The molecule has 4 rings (SSSR count). The number of allylic oxidation sites excluding steroid dienone is 1. The first-order valence-corrected chi connectivity index (χ1v) is 9.60. The van der Waals surface area contributed by atoms with Gasteiger partial charge in [-0.3, -0.25) is 10.00 Å². The molecule has 1 saturated heterocycles. The fourth-order valence-corrected chi connectivity index (χ4v) is 4.47. The maximum absolute atomic E-state index is 9.85. The largest absolute Gasteiger partial charge is 0.420 e. The van der Waals surface area contributed by atoms with Crippen LogP contribution in [0.4, 0.5) is 0 Å². The summed E-state index contributed by atoms with van der Waals surface area (Å²) in [5.41, 5.74) is 9.73. The van der Waals surface area contributed by atoms with Gasteiger partial charge in [-0.2, -0.15) is 5.26 Å². The molecule has 0 bridgehead atoms. The molecule has 1 aromatic heterocycles. The number of nitrogens with zero attached hydrogens (tertiary/aromatic N) is 3. The lowest BCUT2D eigenvalue weighted by atomic mass is 9.66. The van der Waals surface area contributed by atoms with Crippen LogP contribution in [0.5, 0.6) is 5.88 Å². The number of H-pyrrole nitrogens is 1. The number of aromatic amines is 1. The minimum absolute atomic E-state index is 0.205. The number of nitrogens with one attached hydrogen (secondary N) is 1. The second-order valence-corrected chi connectivity index (χ2v) is 7.43. The van der Waals surface area contributed by atoms with Gasteiger partial charge in [0, 0.05) is 23.2 Å². The predicted octanol–water partition coefficient (Wildman–Crippen LogP) is 2.98. The van der Waals surface area contributed by atoms with Gasteiger partial charge in [0.2, 0.25) is 11.8 Å². The Labute approximate surface area is 159 Å². The highest BCUT2D eigenvalue weighted by Crippen LogP contribution is 2.50. The number of hydrogen-bond donors (Lipinski definition) is 2.